The summed E-state index contributed by atoms with van der Waals surface area (Å²) in [4.78, 5) is 27.7. The summed E-state index contributed by atoms with van der Waals surface area (Å²) in [5.74, 6) is 1.88. The maximum Gasteiger partial charge on any atom is 0.255 e. The average Bonchev–Trinajstić information content (AvgIpc) is 2.74. The van der Waals surface area contributed by atoms with Gasteiger partial charge in [0.2, 0.25) is 0 Å². The van der Waals surface area contributed by atoms with E-state index in [1.807, 2.05) is 48.4 Å². The smallest absolute Gasteiger partial charge is 0.255 e. The van der Waals surface area contributed by atoms with Crippen molar-refractivity contribution in [3.8, 4) is 0 Å². The molecule has 0 saturated carbocycles. The number of nitrogens with one attached hydrogen (secondary N) is 1. The number of hydrogen-bond acceptors (Lipinski definition) is 5. The zero-order chi connectivity index (χ0) is 19.3. The lowest BCUT2D eigenvalue weighted by atomic mass is 9.91. The SMILES string of the molecule is Cc1cncc(C(=O)N2CCC[C@@H](c3ccnc(Nc4ccccn4)c3)C2)c1. The molecule has 1 N–H and O–H groups in total. The average molecular weight is 373 g/mol. The molecule has 4 heterocycles. The van der Waals surface area contributed by atoms with Crippen LogP contribution in [0.1, 0.15) is 40.2 Å². The molecule has 0 spiro atoms. The Labute approximate surface area is 164 Å². The number of rotatable bonds is 4. The van der Waals surface area contributed by atoms with Crippen molar-refractivity contribution >= 4 is 17.5 Å². The third-order valence-corrected chi connectivity index (χ3v) is 5.01. The fourth-order valence-electron chi connectivity index (χ4n) is 3.63. The van der Waals surface area contributed by atoms with Crippen molar-refractivity contribution in [2.75, 3.05) is 18.4 Å². The van der Waals surface area contributed by atoms with E-state index >= 15 is 0 Å². The molecule has 0 bridgehead atoms. The highest BCUT2D eigenvalue weighted by molar-refractivity contribution is 5.94. The van der Waals surface area contributed by atoms with E-state index in [0.717, 1.165) is 36.6 Å². The largest absolute Gasteiger partial charge is 0.338 e. The summed E-state index contributed by atoms with van der Waals surface area (Å²) in [5.41, 5.74) is 2.85. The summed E-state index contributed by atoms with van der Waals surface area (Å²) >= 11 is 0. The van der Waals surface area contributed by atoms with Gasteiger partial charge in [0.05, 0.1) is 5.56 Å². The van der Waals surface area contributed by atoms with Gasteiger partial charge in [0.15, 0.2) is 0 Å². The molecule has 1 amide bonds. The molecule has 1 aliphatic rings. The number of aromatic nitrogens is 3. The van der Waals surface area contributed by atoms with Gasteiger partial charge in [-0.05, 0) is 61.2 Å². The van der Waals surface area contributed by atoms with Gasteiger partial charge in [-0.2, -0.15) is 0 Å². The second-order valence-corrected chi connectivity index (χ2v) is 7.16. The third-order valence-electron chi connectivity index (χ3n) is 5.01. The molecule has 3 aromatic heterocycles. The molecule has 1 fully saturated rings. The summed E-state index contributed by atoms with van der Waals surface area (Å²) in [6, 6.07) is 11.7. The Balaban J connectivity index is 1.48. The molecule has 142 valence electrons. The van der Waals surface area contributed by atoms with Crippen molar-refractivity contribution in [1.82, 2.24) is 19.9 Å². The van der Waals surface area contributed by atoms with Gasteiger partial charge < -0.3 is 10.2 Å². The number of likely N-dealkylation sites (tertiary alicyclic amines) is 1. The van der Waals surface area contributed by atoms with Crippen molar-refractivity contribution in [2.45, 2.75) is 25.7 Å². The first-order valence-electron chi connectivity index (χ1n) is 9.54. The number of aryl methyl sites for hydroxylation is 1. The third kappa shape index (κ3) is 4.17. The Morgan fingerprint density at radius 3 is 2.82 bits per heavy atom. The van der Waals surface area contributed by atoms with Crippen LogP contribution in [0.3, 0.4) is 0 Å². The first kappa shape index (κ1) is 18.1. The van der Waals surface area contributed by atoms with Crippen LogP contribution < -0.4 is 5.32 Å². The van der Waals surface area contributed by atoms with Gasteiger partial charge in [0, 0.05) is 43.8 Å². The van der Waals surface area contributed by atoms with E-state index in [1.165, 1.54) is 5.56 Å². The molecule has 1 aliphatic heterocycles. The van der Waals surface area contributed by atoms with Gasteiger partial charge in [-0.15, -0.1) is 0 Å². The van der Waals surface area contributed by atoms with Crippen molar-refractivity contribution in [1.29, 1.82) is 0 Å². The van der Waals surface area contributed by atoms with Crippen molar-refractivity contribution < 1.29 is 4.79 Å². The Morgan fingerprint density at radius 2 is 2.00 bits per heavy atom. The first-order chi connectivity index (χ1) is 13.7. The standard InChI is InChI=1S/C22H23N5O/c1-16-11-19(14-23-13-16)22(28)27-10-4-5-18(15-27)17-7-9-25-21(12-17)26-20-6-2-3-8-24-20/h2-3,6-9,11-14,18H,4-5,10,15H2,1H3,(H,24,25,26)/t18-/m1/s1. The highest BCUT2D eigenvalue weighted by atomic mass is 16.2. The van der Waals surface area contributed by atoms with E-state index in [2.05, 4.69) is 26.3 Å². The van der Waals surface area contributed by atoms with Crippen LogP contribution in [0.2, 0.25) is 0 Å². The second kappa shape index (κ2) is 8.17. The lowest BCUT2D eigenvalue weighted by Crippen LogP contribution is -2.39. The second-order valence-electron chi connectivity index (χ2n) is 7.16. The molecule has 1 saturated heterocycles. The summed E-state index contributed by atoms with van der Waals surface area (Å²) in [6.45, 7) is 3.45. The molecule has 4 rings (SSSR count). The number of anilines is 2. The first-order valence-corrected chi connectivity index (χ1v) is 9.54. The summed E-state index contributed by atoms with van der Waals surface area (Å²) < 4.78 is 0. The predicted octanol–water partition coefficient (Wildman–Crippen LogP) is 3.94. The molecule has 0 radical (unpaired) electrons. The minimum Gasteiger partial charge on any atom is -0.338 e. The lowest BCUT2D eigenvalue weighted by molar-refractivity contribution is 0.0706. The molecule has 0 aromatic carbocycles. The molecule has 0 unspecified atom stereocenters. The van der Waals surface area contributed by atoms with Gasteiger partial charge in [-0.3, -0.25) is 9.78 Å². The van der Waals surface area contributed by atoms with Crippen LogP contribution >= 0.6 is 0 Å². The summed E-state index contributed by atoms with van der Waals surface area (Å²) in [6.07, 6.45) is 9.02. The maximum atomic E-state index is 12.9. The topological polar surface area (TPSA) is 71.0 Å². The van der Waals surface area contributed by atoms with Crippen LogP contribution in [0, 0.1) is 6.92 Å². The normalized spacial score (nSPS) is 16.6. The molecular formula is C22H23N5O. The molecule has 0 aliphatic carbocycles. The van der Waals surface area contributed by atoms with Crippen LogP contribution in [-0.4, -0.2) is 38.8 Å². The van der Waals surface area contributed by atoms with E-state index in [9.17, 15) is 4.79 Å². The number of piperidine rings is 1. The van der Waals surface area contributed by atoms with Crippen LogP contribution in [0.4, 0.5) is 11.6 Å². The zero-order valence-electron chi connectivity index (χ0n) is 15.9. The minimum atomic E-state index is 0.0572. The Bertz CT molecular complexity index is 960. The predicted molar refractivity (Wildman–Crippen MR) is 109 cm³/mol. The number of hydrogen-bond donors (Lipinski definition) is 1. The number of amides is 1. The van der Waals surface area contributed by atoms with E-state index in [4.69, 9.17) is 0 Å². The van der Waals surface area contributed by atoms with Gasteiger partial charge in [0.1, 0.15) is 11.6 Å². The van der Waals surface area contributed by atoms with E-state index < -0.39 is 0 Å². The molecule has 6 heteroatoms. The number of nitrogens with zero attached hydrogens (tertiary/aromatic N) is 4. The fraction of sp³-hybridized carbons (Fsp3) is 0.273. The van der Waals surface area contributed by atoms with Crippen molar-refractivity contribution in [3.63, 3.8) is 0 Å². The molecule has 6 nitrogen and oxygen atoms in total. The van der Waals surface area contributed by atoms with Crippen LogP contribution in [0.5, 0.6) is 0 Å². The van der Waals surface area contributed by atoms with Crippen molar-refractivity contribution in [2.24, 2.45) is 0 Å². The van der Waals surface area contributed by atoms with Crippen LogP contribution in [0.15, 0.2) is 61.2 Å². The lowest BCUT2D eigenvalue weighted by Gasteiger charge is -2.33. The maximum absolute atomic E-state index is 12.9. The van der Waals surface area contributed by atoms with Crippen LogP contribution in [-0.2, 0) is 0 Å². The Morgan fingerprint density at radius 1 is 1.11 bits per heavy atom. The number of carbonyl (C=O) groups excluding carboxylic acids is 1. The highest BCUT2D eigenvalue weighted by Crippen LogP contribution is 2.29. The molecule has 3 aromatic rings. The zero-order valence-corrected chi connectivity index (χ0v) is 15.9. The molecule has 28 heavy (non-hydrogen) atoms. The van der Waals surface area contributed by atoms with E-state index in [-0.39, 0.29) is 5.91 Å². The van der Waals surface area contributed by atoms with Gasteiger partial charge in [-0.25, -0.2) is 9.97 Å². The molecular weight excluding hydrogens is 350 g/mol. The monoisotopic (exact) mass is 373 g/mol. The van der Waals surface area contributed by atoms with Gasteiger partial charge >= 0.3 is 0 Å². The molecule has 1 atom stereocenters. The minimum absolute atomic E-state index is 0.0572. The number of pyridine rings is 3. The Hall–Kier alpha value is -3.28. The van der Waals surface area contributed by atoms with E-state index in [1.54, 1.807) is 18.6 Å². The van der Waals surface area contributed by atoms with Gasteiger partial charge in [0.25, 0.3) is 5.91 Å². The number of carbonyl (C=O) groups is 1. The quantitative estimate of drug-likeness (QED) is 0.750. The fourth-order valence-corrected chi connectivity index (χ4v) is 3.63. The van der Waals surface area contributed by atoms with Crippen molar-refractivity contribution in [3.05, 3.63) is 77.9 Å². The van der Waals surface area contributed by atoms with Gasteiger partial charge in [-0.1, -0.05) is 6.07 Å². The van der Waals surface area contributed by atoms with Crippen LogP contribution in [0.25, 0.3) is 0 Å². The summed E-state index contributed by atoms with van der Waals surface area (Å²) in [7, 11) is 0. The summed E-state index contributed by atoms with van der Waals surface area (Å²) in [5, 5.41) is 3.24. The highest BCUT2D eigenvalue weighted by Gasteiger charge is 2.26. The Kier molecular flexibility index (Phi) is 5.28. The van der Waals surface area contributed by atoms with E-state index in [0.29, 0.717) is 18.0 Å².